The molecule has 2 heterocycles. The number of hydrogen-bond donors (Lipinski definition) is 0. The number of aromatic nitrogens is 1. The largest absolute Gasteiger partial charge is 1.00 e. The van der Waals surface area contributed by atoms with Crippen LogP contribution in [0.1, 0.15) is 87.8 Å². The maximum atomic E-state index is 6.02. The second-order valence-corrected chi connectivity index (χ2v) is 9.74. The molecule has 1 aromatic heterocycles. The fraction of sp³-hybridized carbons (Fsp3) is 0.586. The summed E-state index contributed by atoms with van der Waals surface area (Å²) in [6, 6.07) is 6.06. The van der Waals surface area contributed by atoms with Gasteiger partial charge in [-0.05, 0) is 24.6 Å². The Kier molecular flexibility index (Phi) is 13.4. The molecule has 0 spiro atoms. The molecule has 7 heteroatoms. The van der Waals surface area contributed by atoms with E-state index in [0.717, 1.165) is 37.2 Å². The van der Waals surface area contributed by atoms with Crippen LogP contribution in [-0.2, 0) is 13.0 Å². The maximum Gasteiger partial charge on any atom is 0.203 e. The summed E-state index contributed by atoms with van der Waals surface area (Å²) in [5, 5.41) is 0.526. The van der Waals surface area contributed by atoms with Crippen LogP contribution in [-0.4, -0.2) is 43.1 Å². The average Bonchev–Trinajstić information content (AvgIpc) is 2.88. The van der Waals surface area contributed by atoms with Crippen molar-refractivity contribution in [3.8, 4) is 17.2 Å². The predicted molar refractivity (Wildman–Crippen MR) is 144 cm³/mol. The van der Waals surface area contributed by atoms with E-state index in [-0.39, 0.29) is 12.4 Å². The van der Waals surface area contributed by atoms with Crippen molar-refractivity contribution in [2.24, 2.45) is 0 Å². The van der Waals surface area contributed by atoms with Crippen molar-refractivity contribution >= 4 is 17.3 Å². The lowest BCUT2D eigenvalue weighted by atomic mass is 9.91. The first-order chi connectivity index (χ1) is 17.1. The molecule has 0 radical (unpaired) electrons. The fourth-order valence-corrected chi connectivity index (χ4v) is 5.18. The minimum absolute atomic E-state index is 0. The Hall–Kier alpha value is -1.98. The second-order valence-electron chi connectivity index (χ2n) is 9.36. The van der Waals surface area contributed by atoms with Crippen LogP contribution >= 0.6 is 11.6 Å². The molecule has 0 saturated carbocycles. The first kappa shape index (κ1) is 30.2. The minimum atomic E-state index is 0. The molecular weight excluding hydrogens is 495 g/mol. The van der Waals surface area contributed by atoms with Crippen molar-refractivity contribution in [2.75, 3.05) is 27.9 Å². The number of halogens is 2. The van der Waals surface area contributed by atoms with Crippen molar-refractivity contribution in [1.82, 2.24) is 4.98 Å². The summed E-state index contributed by atoms with van der Waals surface area (Å²) in [5.74, 6) is 2.17. The molecule has 0 saturated heterocycles. The van der Waals surface area contributed by atoms with Crippen molar-refractivity contribution in [1.29, 1.82) is 0 Å². The molecule has 2 aromatic rings. The van der Waals surface area contributed by atoms with E-state index in [4.69, 9.17) is 25.8 Å². The van der Waals surface area contributed by atoms with Crippen molar-refractivity contribution in [3.63, 3.8) is 0 Å². The van der Waals surface area contributed by atoms with Gasteiger partial charge in [-0.2, -0.15) is 0 Å². The first-order valence-electron chi connectivity index (χ1n) is 13.2. The zero-order valence-electron chi connectivity index (χ0n) is 22.4. The molecule has 0 fully saturated rings. The molecule has 200 valence electrons. The van der Waals surface area contributed by atoms with Crippen molar-refractivity contribution in [3.05, 3.63) is 46.2 Å². The summed E-state index contributed by atoms with van der Waals surface area (Å²) in [7, 11) is 5.07. The monoisotopic (exact) mass is 536 g/mol. The number of nitrogens with zero attached hydrogens (tertiary/aromatic N) is 2. The molecule has 0 N–H and O–H groups in total. The average molecular weight is 538 g/mol. The van der Waals surface area contributed by atoms with Gasteiger partial charge in [0.05, 0.1) is 26.9 Å². The van der Waals surface area contributed by atoms with Crippen LogP contribution in [0.4, 0.5) is 0 Å². The highest BCUT2D eigenvalue weighted by Crippen LogP contribution is 2.43. The highest BCUT2D eigenvalue weighted by molar-refractivity contribution is 6.29. The maximum absolute atomic E-state index is 6.02. The number of fused-ring (bicyclic) bond motifs is 1. The van der Waals surface area contributed by atoms with Gasteiger partial charge in [0.2, 0.25) is 5.75 Å². The van der Waals surface area contributed by atoms with Gasteiger partial charge in [0.15, 0.2) is 23.8 Å². The van der Waals surface area contributed by atoms with Gasteiger partial charge in [0, 0.05) is 30.2 Å². The van der Waals surface area contributed by atoms with E-state index >= 15 is 0 Å². The second kappa shape index (κ2) is 16.0. The van der Waals surface area contributed by atoms with Crippen molar-refractivity contribution in [2.45, 2.75) is 84.1 Å². The molecule has 3 rings (SSSR count). The SMILES string of the molecule is CCCCCCCCCCCC1=[N+](Cc2ccc(Cl)nc2)CCc2c1cc(OC)c(OC)c2OC.[Cl-]. The van der Waals surface area contributed by atoms with Gasteiger partial charge >= 0.3 is 0 Å². The number of ether oxygens (including phenoxy) is 3. The van der Waals surface area contributed by atoms with Gasteiger partial charge in [-0.25, -0.2) is 9.56 Å². The Labute approximate surface area is 228 Å². The van der Waals surface area contributed by atoms with Crippen LogP contribution in [0.15, 0.2) is 24.4 Å². The normalized spacial score (nSPS) is 12.7. The topological polar surface area (TPSA) is 43.6 Å². The zero-order chi connectivity index (χ0) is 25.0. The Balaban J connectivity index is 0.00000456. The van der Waals surface area contributed by atoms with Crippen LogP contribution < -0.4 is 26.6 Å². The number of hydrogen-bond acceptors (Lipinski definition) is 4. The minimum Gasteiger partial charge on any atom is -1.00 e. The van der Waals surface area contributed by atoms with Crippen molar-refractivity contribution < 1.29 is 31.2 Å². The van der Waals surface area contributed by atoms with E-state index in [1.807, 2.05) is 12.3 Å². The standard InChI is InChI=1S/C29H42ClN2O3.ClH/c1-5-6-7-8-9-10-11-12-13-14-25-24-19-26(33-2)29(35-4)28(34-3)23(24)17-18-32(25)21-22-15-16-27(30)31-20-22;/h15-16,19-20H,5-14,17-18,21H2,1-4H3;1H/q+1;/p-1. The Morgan fingerprint density at radius 1 is 0.889 bits per heavy atom. The molecule has 1 aliphatic heterocycles. The van der Waals surface area contributed by atoms with Crippen LogP contribution in [0.5, 0.6) is 17.2 Å². The molecule has 5 nitrogen and oxygen atoms in total. The van der Waals surface area contributed by atoms with E-state index in [9.17, 15) is 0 Å². The third kappa shape index (κ3) is 8.01. The Morgan fingerprint density at radius 3 is 2.14 bits per heavy atom. The molecule has 0 bridgehead atoms. The number of unbranched alkanes of at least 4 members (excludes halogenated alkanes) is 8. The summed E-state index contributed by atoms with van der Waals surface area (Å²) in [4.78, 5) is 4.29. The van der Waals surface area contributed by atoms with Gasteiger partial charge in [-0.1, -0.05) is 69.9 Å². The Morgan fingerprint density at radius 2 is 1.56 bits per heavy atom. The lowest BCUT2D eigenvalue weighted by Crippen LogP contribution is -3.00. The molecular formula is C29H42Cl2N2O3. The van der Waals surface area contributed by atoms with Crippen LogP contribution in [0, 0.1) is 0 Å². The summed E-state index contributed by atoms with van der Waals surface area (Å²) in [5.41, 5.74) is 4.94. The van der Waals surface area contributed by atoms with Gasteiger partial charge in [0.25, 0.3) is 0 Å². The molecule has 1 aliphatic rings. The van der Waals surface area contributed by atoms with Crippen LogP contribution in [0.25, 0.3) is 0 Å². The third-order valence-corrected chi connectivity index (χ3v) is 7.16. The molecule has 0 amide bonds. The number of rotatable bonds is 15. The summed E-state index contributed by atoms with van der Waals surface area (Å²) >= 11 is 6.02. The van der Waals surface area contributed by atoms with Gasteiger partial charge < -0.3 is 26.6 Å². The van der Waals surface area contributed by atoms with E-state index < -0.39 is 0 Å². The quantitative estimate of drug-likeness (QED) is 0.194. The molecule has 0 aliphatic carbocycles. The predicted octanol–water partition coefficient (Wildman–Crippen LogP) is 4.24. The summed E-state index contributed by atoms with van der Waals surface area (Å²) in [6.45, 7) is 4.01. The van der Waals surface area contributed by atoms with E-state index in [1.54, 1.807) is 21.3 Å². The number of methoxy groups -OCH3 is 3. The van der Waals surface area contributed by atoms with E-state index in [0.29, 0.717) is 16.7 Å². The third-order valence-electron chi connectivity index (χ3n) is 6.94. The number of pyridine rings is 1. The number of benzene rings is 1. The van der Waals surface area contributed by atoms with Crippen LogP contribution in [0.2, 0.25) is 5.15 Å². The molecule has 1 aromatic carbocycles. The smallest absolute Gasteiger partial charge is 0.203 e. The first-order valence-corrected chi connectivity index (χ1v) is 13.5. The zero-order valence-corrected chi connectivity index (χ0v) is 23.9. The highest BCUT2D eigenvalue weighted by atomic mass is 35.5. The van der Waals surface area contributed by atoms with Gasteiger partial charge in [-0.3, -0.25) is 0 Å². The molecule has 0 atom stereocenters. The molecule has 0 unspecified atom stereocenters. The summed E-state index contributed by atoms with van der Waals surface area (Å²) in [6.07, 6.45) is 15.7. The Bertz CT molecular complexity index is 977. The summed E-state index contributed by atoms with van der Waals surface area (Å²) < 4.78 is 19.7. The van der Waals surface area contributed by atoms with Crippen LogP contribution in [0.3, 0.4) is 0 Å². The van der Waals surface area contributed by atoms with Gasteiger partial charge in [-0.15, -0.1) is 0 Å². The highest BCUT2D eigenvalue weighted by Gasteiger charge is 2.31. The fourth-order valence-electron chi connectivity index (χ4n) is 5.06. The molecule has 36 heavy (non-hydrogen) atoms. The van der Waals surface area contributed by atoms with Gasteiger partial charge in [0.1, 0.15) is 11.7 Å². The lowest BCUT2D eigenvalue weighted by molar-refractivity contribution is -0.545. The lowest BCUT2D eigenvalue weighted by Gasteiger charge is -2.23. The van der Waals surface area contributed by atoms with E-state index in [1.165, 1.54) is 74.6 Å². The van der Waals surface area contributed by atoms with E-state index in [2.05, 4.69) is 28.6 Å².